The quantitative estimate of drug-likeness (QED) is 0.116. The lowest BCUT2D eigenvalue weighted by Crippen LogP contribution is -2.38. The summed E-state index contributed by atoms with van der Waals surface area (Å²) in [6, 6.07) is 29.5. The van der Waals surface area contributed by atoms with Crippen molar-refractivity contribution in [2.24, 2.45) is 0 Å². The second kappa shape index (κ2) is 28.5. The first kappa shape index (κ1) is 64.0. The minimum Gasteiger partial charge on any atom is -0.478 e. The molecule has 6 fully saturated rings. The van der Waals surface area contributed by atoms with Crippen molar-refractivity contribution in [2.45, 2.75) is 167 Å². The monoisotopic (exact) mass is 1180 g/mol. The molecule has 4 aromatic carbocycles. The van der Waals surface area contributed by atoms with Gasteiger partial charge in [-0.2, -0.15) is 0 Å². The Kier molecular flexibility index (Phi) is 21.5. The van der Waals surface area contributed by atoms with Crippen molar-refractivity contribution < 1.29 is 68.1 Å². The first-order valence-corrected chi connectivity index (χ1v) is 29.3. The number of piperidine rings is 2. The van der Waals surface area contributed by atoms with E-state index in [0.717, 1.165) is 49.9 Å². The van der Waals surface area contributed by atoms with Gasteiger partial charge in [0.2, 0.25) is 0 Å². The van der Waals surface area contributed by atoms with Gasteiger partial charge >= 0.3 is 18.2 Å². The van der Waals surface area contributed by atoms with Gasteiger partial charge in [0.1, 0.15) is 35.6 Å². The molecule has 0 aromatic heterocycles. The molecule has 6 heterocycles. The van der Waals surface area contributed by atoms with Crippen LogP contribution in [0.3, 0.4) is 0 Å². The first-order chi connectivity index (χ1) is 40.6. The van der Waals surface area contributed by atoms with Crippen molar-refractivity contribution in [1.29, 1.82) is 0 Å². The number of nitrogens with one attached hydrogen (secondary N) is 3. The molecule has 19 nitrogen and oxygen atoms in total. The van der Waals surface area contributed by atoms with Crippen LogP contribution in [0.1, 0.15) is 172 Å². The second-order valence-electron chi connectivity index (χ2n) is 25.1. The van der Waals surface area contributed by atoms with Crippen molar-refractivity contribution in [3.05, 3.63) is 142 Å². The van der Waals surface area contributed by atoms with Crippen LogP contribution in [0, 0.1) is 0 Å². The van der Waals surface area contributed by atoms with Crippen LogP contribution in [0.2, 0.25) is 0 Å². The maximum absolute atomic E-state index is 13.4. The van der Waals surface area contributed by atoms with E-state index in [1.54, 1.807) is 46.2 Å². The van der Waals surface area contributed by atoms with Gasteiger partial charge in [0.05, 0.1) is 27.2 Å². The molecular weight excluding hydrogens is 1090 g/mol. The van der Waals surface area contributed by atoms with E-state index in [9.17, 15) is 33.2 Å². The number of carboxylic acid groups (broad SMARTS) is 1. The lowest BCUT2D eigenvalue weighted by molar-refractivity contribution is -0.153. The lowest BCUT2D eigenvalue weighted by atomic mass is 9.88. The third kappa shape index (κ3) is 19.0. The first-order valence-electron chi connectivity index (χ1n) is 30.0. The lowest BCUT2D eigenvalue weighted by Gasteiger charge is -2.32. The predicted molar refractivity (Wildman–Crippen MR) is 318 cm³/mol. The molecule has 0 saturated carbocycles. The van der Waals surface area contributed by atoms with Crippen molar-refractivity contribution in [3.8, 4) is 0 Å². The summed E-state index contributed by atoms with van der Waals surface area (Å²) >= 11 is 0. The van der Waals surface area contributed by atoms with E-state index in [-0.39, 0.29) is 53.5 Å². The molecule has 4 N–H and O–H groups in total. The maximum Gasteiger partial charge on any atom is 0.407 e. The van der Waals surface area contributed by atoms with Crippen LogP contribution < -0.4 is 16.0 Å². The van der Waals surface area contributed by atoms with Gasteiger partial charge < -0.3 is 64.2 Å². The van der Waals surface area contributed by atoms with E-state index >= 15 is 0 Å². The molecule has 0 spiro atoms. The largest absolute Gasteiger partial charge is 0.478 e. The number of hydrogen-bond acceptors (Lipinski definition) is 13. The molecule has 462 valence electrons. The Morgan fingerprint density at radius 2 is 0.906 bits per heavy atom. The van der Waals surface area contributed by atoms with E-state index in [1.165, 1.54) is 23.3 Å². The number of hydrogen-bond donors (Lipinski definition) is 4. The number of benzene rings is 4. The van der Waals surface area contributed by atoms with E-state index in [0.29, 0.717) is 80.9 Å². The Hall–Kier alpha value is -6.97. The maximum atomic E-state index is 13.4. The third-order valence-corrected chi connectivity index (χ3v) is 15.1. The normalized spacial score (nSPS) is 21.7. The van der Waals surface area contributed by atoms with Crippen LogP contribution in [0.5, 0.6) is 0 Å². The molecule has 0 bridgehead atoms. The minimum absolute atomic E-state index is 0.0554. The summed E-state index contributed by atoms with van der Waals surface area (Å²) in [6.45, 7) is 24.8. The van der Waals surface area contributed by atoms with E-state index in [2.05, 4.69) is 40.2 Å². The Morgan fingerprint density at radius 3 is 1.28 bits per heavy atom. The Bertz CT molecular complexity index is 2960. The number of alkyl carbamates (subject to hydrolysis) is 2. The van der Waals surface area contributed by atoms with Crippen molar-refractivity contribution in [2.75, 3.05) is 59.5 Å². The zero-order chi connectivity index (χ0) is 62.6. The average Bonchev–Trinajstić information content (AvgIpc) is 1.76. The van der Waals surface area contributed by atoms with Gasteiger partial charge in [-0.25, -0.2) is 14.4 Å². The van der Waals surface area contributed by atoms with Crippen molar-refractivity contribution in [1.82, 2.24) is 30.7 Å². The molecule has 0 radical (unpaired) electrons. The Morgan fingerprint density at radius 1 is 0.565 bits per heavy atom. The van der Waals surface area contributed by atoms with Crippen LogP contribution in [-0.2, 0) is 41.5 Å². The van der Waals surface area contributed by atoms with Crippen LogP contribution in [0.4, 0.5) is 14.0 Å². The van der Waals surface area contributed by atoms with E-state index in [1.807, 2.05) is 98.4 Å². The van der Waals surface area contributed by atoms with E-state index < -0.39 is 42.3 Å². The van der Waals surface area contributed by atoms with Crippen LogP contribution in [0.15, 0.2) is 97.1 Å². The number of rotatable bonds is 10. The molecule has 5 amide bonds. The molecule has 6 aliphatic rings. The number of carbonyl (C=O) groups excluding carboxylic acids is 5. The van der Waals surface area contributed by atoms with Gasteiger partial charge in [0, 0.05) is 69.0 Å². The van der Waals surface area contributed by atoms with Crippen LogP contribution in [-0.4, -0.2) is 162 Å². The van der Waals surface area contributed by atoms with Gasteiger partial charge in [-0.15, -0.1) is 0 Å². The number of fused-ring (bicyclic) bond motifs is 2. The summed E-state index contributed by atoms with van der Waals surface area (Å²) in [6.07, 6.45) is 2.80. The highest BCUT2D eigenvalue weighted by Gasteiger charge is 2.48. The SMILES string of the molecule is CC(C)(C)OC(=O)NCc1cccc(C2CCN(C(=O)c3cccc(C(=O)N4C[C@@H]5OC(C)(C)O[C@@H]5C4)c3)CC2)c1.CC(C)(C)OC(=O)NCc1cccc(C2CCN(C(=O)c3cccc(C(=O)O)c3)CC2)c1.CC1(C)O[C@H]2CNC[C@H]2O1.[2H]CF. The summed E-state index contributed by atoms with van der Waals surface area (Å²) in [5.41, 5.74) is 4.87. The molecule has 20 heteroatoms. The number of aromatic carboxylic acids is 1. The zero-order valence-electron chi connectivity index (χ0n) is 51.9. The predicted octanol–water partition coefficient (Wildman–Crippen LogP) is 9.83. The molecule has 0 aliphatic carbocycles. The van der Waals surface area contributed by atoms with Crippen molar-refractivity contribution >= 4 is 35.9 Å². The molecule has 6 saturated heterocycles. The fourth-order valence-electron chi connectivity index (χ4n) is 11.4. The number of ether oxygens (including phenoxy) is 6. The topological polar surface area (TPSA) is 224 Å². The number of amides is 5. The van der Waals surface area contributed by atoms with E-state index in [4.69, 9.17) is 34.9 Å². The highest BCUT2D eigenvalue weighted by molar-refractivity contribution is 6.00. The fourth-order valence-corrected chi connectivity index (χ4v) is 11.4. The number of carboxylic acids is 1. The van der Waals surface area contributed by atoms with Gasteiger partial charge in [0.25, 0.3) is 17.7 Å². The van der Waals surface area contributed by atoms with Crippen LogP contribution in [0.25, 0.3) is 0 Å². The fraction of sp³-hybridized carbons (Fsp3) is 0.538. The van der Waals surface area contributed by atoms with Gasteiger partial charge in [0.15, 0.2) is 11.6 Å². The Labute approximate surface area is 500 Å². The molecule has 10 rings (SSSR count). The third-order valence-electron chi connectivity index (χ3n) is 15.1. The highest BCUT2D eigenvalue weighted by Crippen LogP contribution is 2.35. The molecular formula is C65H87FN6O13. The number of alkyl halides is 1. The summed E-state index contributed by atoms with van der Waals surface area (Å²) in [7, 11) is -1.00. The standard InChI is InChI=1S/C32H41N3O6.C25H30N2O5.C7H13NO2.CH3F/c1-31(2,3)41-30(38)33-18-21-8-6-9-23(16-21)22-12-14-34(15-13-22)28(36)24-10-7-11-25(17-24)29(37)35-19-26-27(20-35)40-32(4,5)39-26;1-25(2,3)32-24(31)26-16-17-6-4-7-19(14-17)18-10-12-27(13-11-18)22(28)20-8-5-9-21(15-20)23(29)30;1-7(2)9-5-3-8-4-6(5)10-7;1-2/h6-11,16-17,22,26-27H,12-15,18-20H2,1-5H3,(H,33,38);4-9,14-15,18H,10-13,16H2,1-3H3,(H,26,31)(H,29,30);5-6,8H,3-4H2,1-2H3;1H3/t26-,27+;;5-,6+;/i;;;1D. The number of nitrogens with zero attached hydrogens (tertiary/aromatic N) is 3. The highest BCUT2D eigenvalue weighted by atomic mass is 19.1. The zero-order valence-corrected chi connectivity index (χ0v) is 50.9. The number of carbonyl (C=O) groups is 6. The summed E-state index contributed by atoms with van der Waals surface area (Å²) in [5, 5.41) is 18.0. The number of likely N-dealkylation sites (tertiary alicyclic amines) is 3. The molecule has 4 atom stereocenters. The van der Waals surface area contributed by atoms with Crippen molar-refractivity contribution in [3.63, 3.8) is 0 Å². The molecule has 85 heavy (non-hydrogen) atoms. The summed E-state index contributed by atoms with van der Waals surface area (Å²) < 4.78 is 49.1. The smallest absolute Gasteiger partial charge is 0.407 e. The Balaban J connectivity index is 0.000000207. The van der Waals surface area contributed by atoms with Gasteiger partial charge in [-0.3, -0.25) is 18.8 Å². The van der Waals surface area contributed by atoms with Gasteiger partial charge in [-0.05, 0) is 165 Å². The molecule has 6 aliphatic heterocycles. The summed E-state index contributed by atoms with van der Waals surface area (Å²) in [5.74, 6) is -1.66. The van der Waals surface area contributed by atoms with Gasteiger partial charge in [-0.1, -0.05) is 60.7 Å². The average molecular weight is 1180 g/mol. The second-order valence-corrected chi connectivity index (χ2v) is 25.1. The molecule has 0 unspecified atom stereocenters. The molecule has 4 aromatic rings. The van der Waals surface area contributed by atoms with Crippen LogP contribution >= 0.6 is 0 Å². The minimum atomic E-state index is -1.04. The summed E-state index contributed by atoms with van der Waals surface area (Å²) in [4.78, 5) is 79.9. The number of halogens is 1.